The molecule has 0 fully saturated rings. The molecule has 0 saturated carbocycles. The molecule has 6 nitrogen and oxygen atoms in total. The van der Waals surface area contributed by atoms with Gasteiger partial charge >= 0.3 is 0 Å². The van der Waals surface area contributed by atoms with Crippen molar-refractivity contribution in [2.24, 2.45) is 5.16 Å². The van der Waals surface area contributed by atoms with Crippen molar-refractivity contribution in [1.29, 1.82) is 0 Å². The number of allylic oxidation sites excluding steroid dienone is 2. The fourth-order valence-corrected chi connectivity index (χ4v) is 4.00. The standard InChI is InChI=1S/C33H28N4O2/c1-24-7-5-9-27(21-24)22-38-30-18-13-26(14-19-30)12-15-29(17-16-28-10-3-4-20-34-28)37-39-33-32-25(2)8-6-11-31(32)35-23-36-33/h3-21,23H,22H2,1-2H3/b15-12+,17-16+,37-29-. The third kappa shape index (κ3) is 7.02. The van der Waals surface area contributed by atoms with E-state index in [4.69, 9.17) is 9.57 Å². The van der Waals surface area contributed by atoms with Gasteiger partial charge < -0.3 is 9.57 Å². The minimum Gasteiger partial charge on any atom is -0.489 e. The number of rotatable bonds is 9. The fraction of sp³-hybridized carbons (Fsp3) is 0.0909. The van der Waals surface area contributed by atoms with Crippen LogP contribution in [0.4, 0.5) is 0 Å². The molecule has 0 saturated heterocycles. The molecule has 0 aliphatic rings. The third-order valence-corrected chi connectivity index (χ3v) is 6.00. The molecular formula is C33H28N4O2. The third-order valence-electron chi connectivity index (χ3n) is 6.00. The van der Waals surface area contributed by atoms with E-state index < -0.39 is 0 Å². The van der Waals surface area contributed by atoms with Crippen molar-refractivity contribution >= 4 is 28.8 Å². The number of benzene rings is 3. The number of hydrogen-bond donors (Lipinski definition) is 0. The molecule has 2 heterocycles. The van der Waals surface area contributed by atoms with Crippen LogP contribution in [-0.2, 0) is 6.61 Å². The second-order valence-electron chi connectivity index (χ2n) is 9.02. The van der Waals surface area contributed by atoms with Crippen molar-refractivity contribution in [2.45, 2.75) is 20.5 Å². The Hall–Kier alpha value is -5.10. The van der Waals surface area contributed by atoms with Crippen molar-refractivity contribution < 1.29 is 9.57 Å². The molecule has 192 valence electrons. The Kier molecular flexibility index (Phi) is 8.14. The molecule has 0 unspecified atom stereocenters. The van der Waals surface area contributed by atoms with Crippen LogP contribution in [0, 0.1) is 13.8 Å². The average molecular weight is 513 g/mol. The maximum absolute atomic E-state index is 5.95. The quantitative estimate of drug-likeness (QED) is 0.152. The molecule has 0 bridgehead atoms. The van der Waals surface area contributed by atoms with E-state index in [2.05, 4.69) is 45.2 Å². The van der Waals surface area contributed by atoms with Crippen LogP contribution in [0.5, 0.6) is 11.6 Å². The molecule has 0 atom stereocenters. The minimum atomic E-state index is 0.408. The second-order valence-corrected chi connectivity index (χ2v) is 9.02. The Morgan fingerprint density at radius 2 is 1.67 bits per heavy atom. The predicted octanol–water partition coefficient (Wildman–Crippen LogP) is 7.38. The Morgan fingerprint density at radius 3 is 2.49 bits per heavy atom. The molecule has 6 heteroatoms. The number of hydrogen-bond acceptors (Lipinski definition) is 6. The van der Waals surface area contributed by atoms with Gasteiger partial charge in [0.1, 0.15) is 24.4 Å². The van der Waals surface area contributed by atoms with E-state index in [-0.39, 0.29) is 0 Å². The number of fused-ring (bicyclic) bond motifs is 1. The summed E-state index contributed by atoms with van der Waals surface area (Å²) >= 11 is 0. The zero-order valence-corrected chi connectivity index (χ0v) is 21.9. The molecule has 5 aromatic rings. The van der Waals surface area contributed by atoms with Gasteiger partial charge in [0.05, 0.1) is 16.6 Å². The van der Waals surface area contributed by atoms with Crippen LogP contribution in [0.25, 0.3) is 23.1 Å². The summed E-state index contributed by atoms with van der Waals surface area (Å²) in [4.78, 5) is 18.8. The number of oxime groups is 1. The van der Waals surface area contributed by atoms with E-state index in [1.54, 1.807) is 6.20 Å². The van der Waals surface area contributed by atoms with Gasteiger partial charge in [-0.3, -0.25) is 4.98 Å². The summed E-state index contributed by atoms with van der Waals surface area (Å²) < 4.78 is 5.95. The van der Waals surface area contributed by atoms with Gasteiger partial charge in [0.15, 0.2) is 0 Å². The van der Waals surface area contributed by atoms with Gasteiger partial charge in [-0.1, -0.05) is 71.4 Å². The maximum Gasteiger partial charge on any atom is 0.259 e. The average Bonchev–Trinajstić information content (AvgIpc) is 2.97. The SMILES string of the molecule is Cc1cccc(COc2ccc(/C=C/C(/C=C/c3ccccn3)=N/Oc3ncnc4cccc(C)c34)cc2)c1. The lowest BCUT2D eigenvalue weighted by Gasteiger charge is -2.07. The lowest BCUT2D eigenvalue weighted by Crippen LogP contribution is -1.97. The van der Waals surface area contributed by atoms with E-state index in [0.29, 0.717) is 18.2 Å². The molecule has 0 radical (unpaired) electrons. The predicted molar refractivity (Wildman–Crippen MR) is 157 cm³/mol. The highest BCUT2D eigenvalue weighted by atomic mass is 16.6. The number of pyridine rings is 1. The maximum atomic E-state index is 5.95. The van der Waals surface area contributed by atoms with E-state index in [0.717, 1.165) is 39.0 Å². The molecule has 0 N–H and O–H groups in total. The van der Waals surface area contributed by atoms with Gasteiger partial charge in [-0.15, -0.1) is 0 Å². The highest BCUT2D eigenvalue weighted by molar-refractivity contribution is 6.08. The molecule has 0 aliphatic heterocycles. The summed E-state index contributed by atoms with van der Waals surface area (Å²) in [6.45, 7) is 4.61. The largest absolute Gasteiger partial charge is 0.489 e. The van der Waals surface area contributed by atoms with E-state index in [1.807, 2.05) is 98.0 Å². The van der Waals surface area contributed by atoms with Crippen LogP contribution in [-0.4, -0.2) is 20.7 Å². The summed E-state index contributed by atoms with van der Waals surface area (Å²) in [5.74, 6) is 1.22. The normalized spacial score (nSPS) is 11.9. The van der Waals surface area contributed by atoms with Crippen LogP contribution in [0.3, 0.4) is 0 Å². The topological polar surface area (TPSA) is 69.5 Å². The van der Waals surface area contributed by atoms with Crippen LogP contribution in [0.15, 0.2) is 115 Å². The van der Waals surface area contributed by atoms with Crippen molar-refractivity contribution in [3.8, 4) is 11.6 Å². The second kappa shape index (κ2) is 12.4. The van der Waals surface area contributed by atoms with Crippen LogP contribution in [0.1, 0.15) is 27.9 Å². The van der Waals surface area contributed by atoms with Gasteiger partial charge in [-0.2, -0.15) is 4.98 Å². The first-order valence-electron chi connectivity index (χ1n) is 12.6. The first kappa shape index (κ1) is 25.5. The van der Waals surface area contributed by atoms with Gasteiger partial charge in [0.2, 0.25) is 0 Å². The molecule has 0 spiro atoms. The molecule has 0 aliphatic carbocycles. The number of aryl methyl sites for hydroxylation is 2. The van der Waals surface area contributed by atoms with Crippen molar-refractivity contribution in [3.05, 3.63) is 138 Å². The van der Waals surface area contributed by atoms with Crippen molar-refractivity contribution in [3.63, 3.8) is 0 Å². The van der Waals surface area contributed by atoms with Crippen molar-refractivity contribution in [2.75, 3.05) is 0 Å². The summed E-state index contributed by atoms with van der Waals surface area (Å²) in [6.07, 6.45) is 10.8. The molecule has 5 rings (SSSR count). The highest BCUT2D eigenvalue weighted by Crippen LogP contribution is 2.25. The lowest BCUT2D eigenvalue weighted by atomic mass is 10.1. The van der Waals surface area contributed by atoms with Crippen LogP contribution >= 0.6 is 0 Å². The molecule has 3 aromatic carbocycles. The Morgan fingerprint density at radius 1 is 0.821 bits per heavy atom. The summed E-state index contributed by atoms with van der Waals surface area (Å²) in [7, 11) is 0. The Labute approximate surface area is 228 Å². The monoisotopic (exact) mass is 512 g/mol. The zero-order valence-electron chi connectivity index (χ0n) is 21.9. The first-order valence-corrected chi connectivity index (χ1v) is 12.6. The Bertz CT molecular complexity index is 1640. The van der Waals surface area contributed by atoms with Gasteiger partial charge in [-0.25, -0.2) is 4.98 Å². The van der Waals surface area contributed by atoms with Crippen molar-refractivity contribution in [1.82, 2.24) is 15.0 Å². The number of nitrogens with zero attached hydrogens (tertiary/aromatic N) is 4. The van der Waals surface area contributed by atoms with E-state index >= 15 is 0 Å². The van der Waals surface area contributed by atoms with Gasteiger partial charge in [-0.05, 0) is 79.1 Å². The smallest absolute Gasteiger partial charge is 0.259 e. The fourth-order valence-electron chi connectivity index (χ4n) is 4.00. The summed E-state index contributed by atoms with van der Waals surface area (Å²) in [5, 5.41) is 5.24. The Balaban J connectivity index is 1.34. The van der Waals surface area contributed by atoms with Crippen LogP contribution < -0.4 is 9.57 Å². The summed E-state index contributed by atoms with van der Waals surface area (Å²) in [6, 6.07) is 27.9. The van der Waals surface area contributed by atoms with Gasteiger partial charge in [0, 0.05) is 6.20 Å². The van der Waals surface area contributed by atoms with Gasteiger partial charge in [0.25, 0.3) is 5.88 Å². The molecular weight excluding hydrogens is 484 g/mol. The van der Waals surface area contributed by atoms with Crippen LogP contribution in [0.2, 0.25) is 0 Å². The minimum absolute atomic E-state index is 0.408. The number of aromatic nitrogens is 3. The lowest BCUT2D eigenvalue weighted by molar-refractivity contribution is 0.306. The number of ether oxygens (including phenoxy) is 1. The molecule has 2 aromatic heterocycles. The first-order chi connectivity index (χ1) is 19.1. The zero-order chi connectivity index (χ0) is 26.9. The molecule has 39 heavy (non-hydrogen) atoms. The van der Waals surface area contributed by atoms with E-state index in [9.17, 15) is 0 Å². The highest BCUT2D eigenvalue weighted by Gasteiger charge is 2.08. The summed E-state index contributed by atoms with van der Waals surface area (Å²) in [5.41, 5.74) is 6.60. The molecule has 0 amide bonds. The van der Waals surface area contributed by atoms with E-state index in [1.165, 1.54) is 11.9 Å².